The highest BCUT2D eigenvalue weighted by atomic mass is 16.3. The zero-order valence-corrected chi connectivity index (χ0v) is 38.0. The number of hydrogen-bond acceptors (Lipinski definition) is 10. The van der Waals surface area contributed by atoms with Crippen LogP contribution in [0, 0.1) is 35.5 Å². The van der Waals surface area contributed by atoms with E-state index in [1.165, 1.54) is 37.8 Å². The number of hydrogen-bond donors (Lipinski definition) is 10. The van der Waals surface area contributed by atoms with Crippen molar-refractivity contribution in [2.75, 3.05) is 65.6 Å². The highest BCUT2D eigenvalue weighted by molar-refractivity contribution is 5.06. The predicted molar refractivity (Wildman–Crippen MR) is 236 cm³/mol. The Hall–Kier alpha value is -1.50. The van der Waals surface area contributed by atoms with E-state index in [9.17, 15) is 0 Å². The van der Waals surface area contributed by atoms with Gasteiger partial charge in [-0.2, -0.15) is 0 Å². The van der Waals surface area contributed by atoms with Gasteiger partial charge in [0.1, 0.15) is 11.5 Å². The van der Waals surface area contributed by atoms with Crippen LogP contribution in [0.3, 0.4) is 0 Å². The van der Waals surface area contributed by atoms with Gasteiger partial charge in [0.15, 0.2) is 0 Å². The highest BCUT2D eigenvalue weighted by Crippen LogP contribution is 2.28. The van der Waals surface area contributed by atoms with Gasteiger partial charge in [-0.05, 0) is 127 Å². The summed E-state index contributed by atoms with van der Waals surface area (Å²) < 4.78 is 0. The first kappa shape index (κ1) is 59.2. The minimum absolute atomic E-state index is 0.00634. The van der Waals surface area contributed by atoms with E-state index < -0.39 is 5.54 Å². The van der Waals surface area contributed by atoms with E-state index in [-0.39, 0.29) is 42.9 Å². The van der Waals surface area contributed by atoms with Crippen LogP contribution in [-0.2, 0) is 0 Å². The van der Waals surface area contributed by atoms with Gasteiger partial charge in [-0.1, -0.05) is 108 Å². The van der Waals surface area contributed by atoms with E-state index in [2.05, 4.69) is 136 Å². The summed E-state index contributed by atoms with van der Waals surface area (Å²) in [5, 5.41) is 61.0. The lowest BCUT2D eigenvalue weighted by molar-refractivity contribution is 0.154. The third-order valence-corrected chi connectivity index (χ3v) is 8.73. The molecule has 0 aromatic carbocycles. The standard InChI is InChI=1S/C11H21N.C9H19NO2.C9H21NO.C8H17NO2.C7H17N/c1-9(2)7-12-8-11-5-4-10(3)6-11;1-7(2)5-10-9(4,6-11)8(3)12;1-5-9(4,7-11)10-6-8(2)3;1-6(2)4-9-8(5-10)7(3)11;1-4-5-8-6-7(2)3/h9,11-12H,3-8H2,1-2H3;7,10-12H,3,5-6H2,1-2,4H3;8,10-11H,5-7H2,1-4H3;6,8-11H,3-5H2,1-2H3;7-8H,4-6H2,1-3H3. The van der Waals surface area contributed by atoms with Gasteiger partial charge in [-0.3, -0.25) is 0 Å². The van der Waals surface area contributed by atoms with Crippen LogP contribution in [0.5, 0.6) is 0 Å². The topological polar surface area (TPSA) is 161 Å². The van der Waals surface area contributed by atoms with E-state index in [1.807, 2.05) is 0 Å². The Balaban J connectivity index is -0.000000291. The largest absolute Gasteiger partial charge is 0.511 e. The van der Waals surface area contributed by atoms with Gasteiger partial charge in [0.25, 0.3) is 0 Å². The van der Waals surface area contributed by atoms with Crippen molar-refractivity contribution >= 4 is 0 Å². The molecule has 54 heavy (non-hydrogen) atoms. The Bertz CT molecular complexity index is 893. The summed E-state index contributed by atoms with van der Waals surface area (Å²) in [7, 11) is 0. The van der Waals surface area contributed by atoms with Gasteiger partial charge < -0.3 is 52.1 Å². The molecule has 0 aromatic rings. The van der Waals surface area contributed by atoms with Gasteiger partial charge >= 0.3 is 0 Å². The van der Waals surface area contributed by atoms with Gasteiger partial charge in [0, 0.05) is 5.54 Å². The molecule has 1 aliphatic rings. The lowest BCUT2D eigenvalue weighted by atomic mass is 9.99. The zero-order valence-electron chi connectivity index (χ0n) is 38.0. The summed E-state index contributed by atoms with van der Waals surface area (Å²) in [6, 6.07) is -0.377. The van der Waals surface area contributed by atoms with Crippen molar-refractivity contribution in [3.63, 3.8) is 0 Å². The number of rotatable bonds is 23. The molecule has 10 nitrogen and oxygen atoms in total. The summed E-state index contributed by atoms with van der Waals surface area (Å²) in [5.41, 5.74) is 0.612. The Morgan fingerprint density at radius 3 is 1.54 bits per heavy atom. The monoisotopic (exact) mass is 774 g/mol. The van der Waals surface area contributed by atoms with Crippen LogP contribution in [0.1, 0.15) is 129 Å². The fourth-order valence-corrected chi connectivity index (χ4v) is 4.43. The number of aliphatic hydroxyl groups is 5. The molecular weight excluding hydrogens is 679 g/mol. The second-order valence-electron chi connectivity index (χ2n) is 17.6. The Morgan fingerprint density at radius 1 is 0.722 bits per heavy atom. The first-order valence-corrected chi connectivity index (χ1v) is 20.9. The van der Waals surface area contributed by atoms with Crippen molar-refractivity contribution in [2.45, 2.75) is 146 Å². The molecule has 1 aliphatic carbocycles. The van der Waals surface area contributed by atoms with Crippen molar-refractivity contribution in [1.82, 2.24) is 26.6 Å². The molecule has 0 aliphatic heterocycles. The number of nitrogens with one attached hydrogen (secondary N) is 5. The lowest BCUT2D eigenvalue weighted by Crippen LogP contribution is -2.48. The van der Waals surface area contributed by atoms with Gasteiger partial charge in [0.2, 0.25) is 0 Å². The molecule has 0 aromatic heterocycles. The van der Waals surface area contributed by atoms with Crippen molar-refractivity contribution in [3.05, 3.63) is 36.8 Å². The molecule has 0 bridgehead atoms. The summed E-state index contributed by atoms with van der Waals surface area (Å²) in [5.74, 6) is 4.04. The Labute approximate surface area is 335 Å². The van der Waals surface area contributed by atoms with Crippen molar-refractivity contribution in [3.8, 4) is 0 Å². The molecule has 0 heterocycles. The molecule has 0 amide bonds. The van der Waals surface area contributed by atoms with E-state index in [4.69, 9.17) is 25.5 Å². The summed E-state index contributed by atoms with van der Waals surface area (Å²) in [4.78, 5) is 0. The molecule has 1 rings (SSSR count). The molecule has 4 unspecified atom stereocenters. The van der Waals surface area contributed by atoms with E-state index in [0.29, 0.717) is 17.8 Å². The van der Waals surface area contributed by atoms with Crippen LogP contribution in [0.25, 0.3) is 0 Å². The Kier molecular flexibility index (Phi) is 39.3. The van der Waals surface area contributed by atoms with Crippen LogP contribution in [0.4, 0.5) is 0 Å². The van der Waals surface area contributed by atoms with Crippen molar-refractivity contribution < 1.29 is 25.5 Å². The molecule has 326 valence electrons. The fourth-order valence-electron chi connectivity index (χ4n) is 4.43. The van der Waals surface area contributed by atoms with Gasteiger partial charge in [-0.25, -0.2) is 0 Å². The smallest absolute Gasteiger partial charge is 0.107 e. The van der Waals surface area contributed by atoms with Gasteiger partial charge in [-0.15, -0.1) is 0 Å². The molecule has 1 saturated carbocycles. The Morgan fingerprint density at radius 2 is 1.20 bits per heavy atom. The highest BCUT2D eigenvalue weighted by Gasteiger charge is 2.26. The summed E-state index contributed by atoms with van der Waals surface area (Å²) >= 11 is 0. The van der Waals surface area contributed by atoms with E-state index >= 15 is 0 Å². The fraction of sp³-hybridized carbons (Fsp3) is 0.864. The second-order valence-corrected chi connectivity index (χ2v) is 17.6. The lowest BCUT2D eigenvalue weighted by Gasteiger charge is -2.28. The normalized spacial score (nSPS) is 16.6. The minimum atomic E-state index is -0.760. The summed E-state index contributed by atoms with van der Waals surface area (Å²) in [6.07, 6.45) is 6.08. The van der Waals surface area contributed by atoms with E-state index in [1.54, 1.807) is 6.92 Å². The first-order valence-electron chi connectivity index (χ1n) is 20.9. The maximum absolute atomic E-state index is 9.17. The second kappa shape index (κ2) is 35.9. The van der Waals surface area contributed by atoms with Crippen LogP contribution >= 0.6 is 0 Å². The molecule has 1 fully saturated rings. The first-order chi connectivity index (χ1) is 25.0. The molecule has 0 spiro atoms. The SMILES string of the molecule is C=C(O)C(C)(CO)NCC(C)C.C=C(O)C(CO)NCC(C)C.C=C1CCC(CNCC(C)C)C1.CCC(C)(CO)NCC(C)C.CCCNCC(C)C. The number of allylic oxidation sites excluding steroid dienone is 1. The number of aliphatic hydroxyl groups excluding tert-OH is 5. The van der Waals surface area contributed by atoms with Crippen LogP contribution in [0.2, 0.25) is 0 Å². The maximum Gasteiger partial charge on any atom is 0.107 e. The van der Waals surface area contributed by atoms with Crippen LogP contribution in [0.15, 0.2) is 36.8 Å². The maximum atomic E-state index is 9.17. The van der Waals surface area contributed by atoms with Crippen molar-refractivity contribution in [2.24, 2.45) is 35.5 Å². The summed E-state index contributed by atoms with van der Waals surface area (Å²) in [6.45, 7) is 47.5. The van der Waals surface area contributed by atoms with Crippen molar-refractivity contribution in [1.29, 1.82) is 0 Å². The third-order valence-electron chi connectivity index (χ3n) is 8.73. The molecule has 10 heteroatoms. The molecular formula is C44H95N5O5. The molecule has 0 saturated heterocycles. The molecule has 4 atom stereocenters. The molecule has 0 radical (unpaired) electrons. The third kappa shape index (κ3) is 38.8. The van der Waals surface area contributed by atoms with Gasteiger partial charge in [0.05, 0.1) is 31.4 Å². The minimum Gasteiger partial charge on any atom is -0.511 e. The van der Waals surface area contributed by atoms with E-state index in [0.717, 1.165) is 63.4 Å². The zero-order chi connectivity index (χ0) is 42.9. The van der Waals surface area contributed by atoms with Crippen LogP contribution < -0.4 is 26.6 Å². The van der Waals surface area contributed by atoms with Crippen LogP contribution in [-0.4, -0.2) is 108 Å². The quantitative estimate of drug-likeness (QED) is 0.0289. The predicted octanol–water partition coefficient (Wildman–Crippen LogP) is 7.34. The molecule has 10 N–H and O–H groups in total. The average Bonchev–Trinajstić information content (AvgIpc) is 3.51. The average molecular weight is 774 g/mol.